The number of aromatic nitrogens is 1. The molecule has 0 bridgehead atoms. The van der Waals surface area contributed by atoms with E-state index in [2.05, 4.69) is 31.1 Å². The van der Waals surface area contributed by atoms with Crippen molar-refractivity contribution in [1.29, 1.82) is 0 Å². The van der Waals surface area contributed by atoms with E-state index in [1.165, 1.54) is 0 Å². The van der Waals surface area contributed by atoms with Crippen LogP contribution in [-0.4, -0.2) is 17.4 Å². The van der Waals surface area contributed by atoms with Gasteiger partial charge in [0, 0.05) is 17.5 Å². The van der Waals surface area contributed by atoms with Gasteiger partial charge in [-0.05, 0) is 37.6 Å². The first kappa shape index (κ1) is 20.5. The highest BCUT2D eigenvalue weighted by Gasteiger charge is 2.21. The number of carbonyl (C=O) groups is 1. The van der Waals surface area contributed by atoms with Crippen molar-refractivity contribution >= 4 is 35.1 Å². The third kappa shape index (κ3) is 5.80. The standard InChI is InChI=1S/C18H27N3O2.ClH/c1-18(2,3)17-21-14-12-13(9-10-15(14)23-17)20-16(22)8-6-4-5-7-11-19;/h9-10,12H,4-8,11,19H2,1-3H3,(H,20,22);1H. The number of nitrogens with two attached hydrogens (primary N) is 1. The van der Waals surface area contributed by atoms with Crippen LogP contribution in [-0.2, 0) is 10.2 Å². The maximum atomic E-state index is 12.0. The summed E-state index contributed by atoms with van der Waals surface area (Å²) < 4.78 is 5.76. The van der Waals surface area contributed by atoms with Gasteiger partial charge in [-0.2, -0.15) is 0 Å². The van der Waals surface area contributed by atoms with Gasteiger partial charge in [0.15, 0.2) is 5.58 Å². The van der Waals surface area contributed by atoms with Gasteiger partial charge in [-0.1, -0.05) is 33.6 Å². The lowest BCUT2D eigenvalue weighted by Gasteiger charge is -2.11. The first-order valence-corrected chi connectivity index (χ1v) is 8.31. The predicted octanol–water partition coefficient (Wildman–Crippen LogP) is 4.39. The van der Waals surface area contributed by atoms with Crippen LogP contribution < -0.4 is 11.1 Å². The van der Waals surface area contributed by atoms with Crippen molar-refractivity contribution in [2.75, 3.05) is 11.9 Å². The Balaban J connectivity index is 0.00000288. The minimum atomic E-state index is -0.133. The van der Waals surface area contributed by atoms with Crippen molar-refractivity contribution in [3.8, 4) is 0 Å². The van der Waals surface area contributed by atoms with Crippen molar-refractivity contribution in [3.05, 3.63) is 24.1 Å². The zero-order valence-corrected chi connectivity index (χ0v) is 15.5. The molecule has 3 N–H and O–H groups in total. The first-order chi connectivity index (χ1) is 10.9. The number of fused-ring (bicyclic) bond motifs is 1. The molecule has 0 saturated carbocycles. The molecule has 0 unspecified atom stereocenters. The number of hydrogen-bond acceptors (Lipinski definition) is 4. The molecule has 2 rings (SSSR count). The van der Waals surface area contributed by atoms with E-state index in [1.54, 1.807) is 0 Å². The fourth-order valence-electron chi connectivity index (χ4n) is 2.33. The van der Waals surface area contributed by atoms with Gasteiger partial charge < -0.3 is 15.5 Å². The van der Waals surface area contributed by atoms with Gasteiger partial charge in [0.05, 0.1) is 0 Å². The molecule has 0 atom stereocenters. The van der Waals surface area contributed by atoms with Crippen LogP contribution in [0.15, 0.2) is 22.6 Å². The van der Waals surface area contributed by atoms with Gasteiger partial charge in [-0.3, -0.25) is 4.79 Å². The molecule has 0 fully saturated rings. The third-order valence-corrected chi connectivity index (χ3v) is 3.67. The summed E-state index contributed by atoms with van der Waals surface area (Å²) >= 11 is 0. The third-order valence-electron chi connectivity index (χ3n) is 3.67. The number of carbonyl (C=O) groups excluding carboxylic acids is 1. The lowest BCUT2D eigenvalue weighted by Crippen LogP contribution is -2.11. The first-order valence-electron chi connectivity index (χ1n) is 8.31. The van der Waals surface area contributed by atoms with E-state index < -0.39 is 0 Å². The molecule has 5 nitrogen and oxygen atoms in total. The number of nitrogens with one attached hydrogen (secondary N) is 1. The number of hydrogen-bond donors (Lipinski definition) is 2. The minimum Gasteiger partial charge on any atom is -0.440 e. The Morgan fingerprint density at radius 3 is 2.58 bits per heavy atom. The Morgan fingerprint density at radius 1 is 1.21 bits per heavy atom. The van der Waals surface area contributed by atoms with Crippen LogP contribution in [0.3, 0.4) is 0 Å². The molecular formula is C18H28ClN3O2. The van der Waals surface area contributed by atoms with E-state index >= 15 is 0 Å². The zero-order chi connectivity index (χ0) is 16.9. The predicted molar refractivity (Wildman–Crippen MR) is 101 cm³/mol. The van der Waals surface area contributed by atoms with Crippen LogP contribution in [0.1, 0.15) is 58.8 Å². The molecule has 0 radical (unpaired) electrons. The molecule has 1 amide bonds. The quantitative estimate of drug-likeness (QED) is 0.723. The Labute approximate surface area is 149 Å². The van der Waals surface area contributed by atoms with Crippen molar-refractivity contribution in [1.82, 2.24) is 4.98 Å². The maximum Gasteiger partial charge on any atom is 0.224 e. The number of benzene rings is 1. The topological polar surface area (TPSA) is 81.2 Å². The highest BCUT2D eigenvalue weighted by atomic mass is 35.5. The number of amides is 1. The molecular weight excluding hydrogens is 326 g/mol. The van der Waals surface area contributed by atoms with Crippen molar-refractivity contribution < 1.29 is 9.21 Å². The average molecular weight is 354 g/mol. The number of nitrogens with zero attached hydrogens (tertiary/aromatic N) is 1. The number of oxazole rings is 1. The van der Waals surface area contributed by atoms with E-state index in [9.17, 15) is 4.79 Å². The van der Waals surface area contributed by atoms with Crippen LogP contribution in [0.2, 0.25) is 0 Å². The van der Waals surface area contributed by atoms with Gasteiger partial charge in [0.2, 0.25) is 11.8 Å². The maximum absolute atomic E-state index is 12.0. The molecule has 6 heteroatoms. The second-order valence-corrected chi connectivity index (χ2v) is 6.95. The largest absolute Gasteiger partial charge is 0.440 e. The van der Waals surface area contributed by atoms with Crippen LogP contribution >= 0.6 is 12.4 Å². The summed E-state index contributed by atoms with van der Waals surface area (Å²) in [4.78, 5) is 16.5. The van der Waals surface area contributed by atoms with Crippen molar-refractivity contribution in [2.45, 2.75) is 58.3 Å². The smallest absolute Gasteiger partial charge is 0.224 e. The molecule has 0 aliphatic rings. The fraction of sp³-hybridized carbons (Fsp3) is 0.556. The van der Waals surface area contributed by atoms with E-state index in [-0.39, 0.29) is 23.7 Å². The van der Waals surface area contributed by atoms with E-state index in [1.807, 2.05) is 18.2 Å². The Bertz CT molecular complexity index is 662. The van der Waals surface area contributed by atoms with Gasteiger partial charge in [0.1, 0.15) is 5.52 Å². The molecule has 1 aromatic carbocycles. The SMILES string of the molecule is CC(C)(C)c1nc2cc(NC(=O)CCCCCCN)ccc2o1.Cl. The summed E-state index contributed by atoms with van der Waals surface area (Å²) in [7, 11) is 0. The number of rotatable bonds is 7. The van der Waals surface area contributed by atoms with Gasteiger partial charge in [0.25, 0.3) is 0 Å². The lowest BCUT2D eigenvalue weighted by atomic mass is 9.97. The van der Waals surface area contributed by atoms with Crippen molar-refractivity contribution in [3.63, 3.8) is 0 Å². The normalized spacial score (nSPS) is 11.3. The molecule has 1 aromatic heterocycles. The van der Waals surface area contributed by atoms with Gasteiger partial charge in [-0.25, -0.2) is 4.98 Å². The molecule has 0 aliphatic carbocycles. The minimum absolute atomic E-state index is 0. The summed E-state index contributed by atoms with van der Waals surface area (Å²) in [6, 6.07) is 5.57. The van der Waals surface area contributed by atoms with E-state index in [0.717, 1.165) is 49.0 Å². The Kier molecular flexibility index (Phi) is 7.70. The second-order valence-electron chi connectivity index (χ2n) is 6.95. The Morgan fingerprint density at radius 2 is 1.92 bits per heavy atom. The molecule has 0 aliphatic heterocycles. The number of halogens is 1. The highest BCUT2D eigenvalue weighted by molar-refractivity contribution is 5.92. The summed E-state index contributed by atoms with van der Waals surface area (Å²) in [6.45, 7) is 6.90. The second kappa shape index (κ2) is 9.04. The molecule has 2 aromatic rings. The van der Waals surface area contributed by atoms with Gasteiger partial charge in [-0.15, -0.1) is 12.4 Å². The number of anilines is 1. The zero-order valence-electron chi connectivity index (χ0n) is 14.7. The lowest BCUT2D eigenvalue weighted by molar-refractivity contribution is -0.116. The molecule has 0 saturated heterocycles. The summed E-state index contributed by atoms with van der Waals surface area (Å²) in [5.41, 5.74) is 7.60. The molecule has 24 heavy (non-hydrogen) atoms. The van der Waals surface area contributed by atoms with Crippen LogP contribution in [0.25, 0.3) is 11.1 Å². The highest BCUT2D eigenvalue weighted by Crippen LogP contribution is 2.27. The fourth-order valence-corrected chi connectivity index (χ4v) is 2.33. The van der Waals surface area contributed by atoms with Gasteiger partial charge >= 0.3 is 0 Å². The Hall–Kier alpha value is -1.59. The number of unbranched alkanes of at least 4 members (excludes halogenated alkanes) is 3. The van der Waals surface area contributed by atoms with Crippen molar-refractivity contribution in [2.24, 2.45) is 5.73 Å². The van der Waals surface area contributed by atoms with Crippen LogP contribution in [0.4, 0.5) is 5.69 Å². The molecule has 1 heterocycles. The summed E-state index contributed by atoms with van der Waals surface area (Å²) in [5, 5.41) is 2.93. The average Bonchev–Trinajstić information content (AvgIpc) is 2.90. The van der Waals surface area contributed by atoms with E-state index in [4.69, 9.17) is 10.2 Å². The summed E-state index contributed by atoms with van der Waals surface area (Å²) in [6.07, 6.45) is 4.59. The van der Waals surface area contributed by atoms with E-state index in [0.29, 0.717) is 12.3 Å². The van der Waals surface area contributed by atoms with Crippen LogP contribution in [0.5, 0.6) is 0 Å². The monoisotopic (exact) mass is 353 g/mol. The summed E-state index contributed by atoms with van der Waals surface area (Å²) in [5.74, 6) is 0.743. The molecule has 134 valence electrons. The molecule has 0 spiro atoms. The van der Waals surface area contributed by atoms with Crippen LogP contribution in [0, 0.1) is 0 Å².